The number of benzene rings is 1. The van der Waals surface area contributed by atoms with Crippen LogP contribution < -0.4 is 5.32 Å². The molecule has 0 radical (unpaired) electrons. The second-order valence-electron chi connectivity index (χ2n) is 7.43. The number of aryl methyl sites for hydroxylation is 2. The molecule has 5 heteroatoms. The molecular formula is C23H27N3O2. The molecule has 0 fully saturated rings. The van der Waals surface area contributed by atoms with Crippen LogP contribution in [0.25, 0.3) is 6.08 Å². The van der Waals surface area contributed by atoms with E-state index in [9.17, 15) is 10.1 Å². The van der Waals surface area contributed by atoms with Gasteiger partial charge >= 0.3 is 0 Å². The zero-order chi connectivity index (χ0) is 20.3. The van der Waals surface area contributed by atoms with Gasteiger partial charge in [0.2, 0.25) is 0 Å². The number of fused-ring (bicyclic) bond motifs is 1. The molecule has 146 valence electrons. The van der Waals surface area contributed by atoms with Gasteiger partial charge in [-0.15, -0.1) is 0 Å². The summed E-state index contributed by atoms with van der Waals surface area (Å²) in [7, 11) is 1.69. The molecule has 2 aromatic rings. The lowest BCUT2D eigenvalue weighted by Gasteiger charge is -2.17. The quantitative estimate of drug-likeness (QED) is 0.611. The lowest BCUT2D eigenvalue weighted by molar-refractivity contribution is -0.117. The van der Waals surface area contributed by atoms with Gasteiger partial charge in [0.25, 0.3) is 5.91 Å². The van der Waals surface area contributed by atoms with E-state index in [4.69, 9.17) is 4.74 Å². The summed E-state index contributed by atoms with van der Waals surface area (Å²) < 4.78 is 7.44. The lowest BCUT2D eigenvalue weighted by Crippen LogP contribution is -2.28. The molecule has 1 N–H and O–H groups in total. The van der Waals surface area contributed by atoms with Crippen LogP contribution in [0.2, 0.25) is 0 Å². The summed E-state index contributed by atoms with van der Waals surface area (Å²) in [5, 5.41) is 12.6. The summed E-state index contributed by atoms with van der Waals surface area (Å²) in [4.78, 5) is 12.8. The highest BCUT2D eigenvalue weighted by atomic mass is 16.5. The van der Waals surface area contributed by atoms with Crippen molar-refractivity contribution in [2.75, 3.05) is 13.7 Å². The maximum absolute atomic E-state index is 12.8. The summed E-state index contributed by atoms with van der Waals surface area (Å²) in [6, 6.07) is 12.4. The minimum Gasteiger partial charge on any atom is -0.383 e. The Morgan fingerprint density at radius 1 is 1.43 bits per heavy atom. The van der Waals surface area contributed by atoms with Crippen molar-refractivity contribution in [3.05, 3.63) is 64.0 Å². The number of aromatic nitrogens is 1. The smallest absolute Gasteiger partial charge is 0.262 e. The zero-order valence-electron chi connectivity index (χ0n) is 17.0. The number of nitrogens with one attached hydrogen (secondary N) is 1. The van der Waals surface area contributed by atoms with E-state index in [1.54, 1.807) is 13.2 Å². The average molecular weight is 377 g/mol. The van der Waals surface area contributed by atoms with Crippen molar-refractivity contribution in [1.82, 2.24) is 9.88 Å². The molecule has 0 aliphatic heterocycles. The number of nitriles is 1. The molecule has 1 amide bonds. The van der Waals surface area contributed by atoms with Crippen LogP contribution in [-0.2, 0) is 16.0 Å². The van der Waals surface area contributed by atoms with E-state index < -0.39 is 0 Å². The van der Waals surface area contributed by atoms with Crippen LogP contribution in [-0.4, -0.2) is 24.2 Å². The molecule has 3 rings (SSSR count). The fourth-order valence-corrected chi connectivity index (χ4v) is 4.19. The van der Waals surface area contributed by atoms with Crippen molar-refractivity contribution in [2.45, 2.75) is 45.7 Å². The number of hydrogen-bond donors (Lipinski definition) is 1. The molecule has 1 aliphatic rings. The van der Waals surface area contributed by atoms with Gasteiger partial charge in [0.05, 0.1) is 18.7 Å². The Morgan fingerprint density at radius 2 is 2.18 bits per heavy atom. The average Bonchev–Trinajstić information content (AvgIpc) is 3.20. The highest BCUT2D eigenvalue weighted by molar-refractivity contribution is 6.02. The number of carbonyl (C=O) groups excluding carboxylic acids is 1. The van der Waals surface area contributed by atoms with Gasteiger partial charge in [-0.1, -0.05) is 24.3 Å². The predicted octanol–water partition coefficient (Wildman–Crippen LogP) is 4.02. The third-order valence-corrected chi connectivity index (χ3v) is 5.48. The molecule has 0 spiro atoms. The molecule has 2 unspecified atom stereocenters. The van der Waals surface area contributed by atoms with E-state index in [1.807, 2.05) is 38.1 Å². The fraction of sp³-hybridized carbons (Fsp3) is 0.391. The minimum atomic E-state index is -0.320. The number of ether oxygens (including phenoxy) is 1. The number of hydrogen-bond acceptors (Lipinski definition) is 3. The Labute approximate surface area is 166 Å². The SMILES string of the molecule is COCC(C)n1c(C)cc(/C=C(\C#N)C(=O)NC2CCc3ccccc32)c1C. The molecule has 5 nitrogen and oxygen atoms in total. The lowest BCUT2D eigenvalue weighted by atomic mass is 10.1. The van der Waals surface area contributed by atoms with Crippen molar-refractivity contribution in [3.63, 3.8) is 0 Å². The van der Waals surface area contributed by atoms with E-state index >= 15 is 0 Å². The number of amides is 1. The summed E-state index contributed by atoms with van der Waals surface area (Å²) in [5.74, 6) is -0.320. The van der Waals surface area contributed by atoms with E-state index in [1.165, 1.54) is 5.56 Å². The van der Waals surface area contributed by atoms with E-state index in [2.05, 4.69) is 28.9 Å². The molecule has 1 aliphatic carbocycles. The minimum absolute atomic E-state index is 0.0328. The second kappa shape index (κ2) is 8.45. The van der Waals surface area contributed by atoms with E-state index in [0.29, 0.717) is 6.61 Å². The van der Waals surface area contributed by atoms with Crippen LogP contribution in [0.15, 0.2) is 35.9 Å². The monoisotopic (exact) mass is 377 g/mol. The highest BCUT2D eigenvalue weighted by Gasteiger charge is 2.25. The molecule has 1 heterocycles. The Morgan fingerprint density at radius 3 is 2.89 bits per heavy atom. The molecular weight excluding hydrogens is 350 g/mol. The van der Waals surface area contributed by atoms with Crippen LogP contribution in [0, 0.1) is 25.2 Å². The number of rotatable bonds is 6. The topological polar surface area (TPSA) is 67.0 Å². The van der Waals surface area contributed by atoms with Gasteiger partial charge in [-0.05, 0) is 62.4 Å². The van der Waals surface area contributed by atoms with Crippen molar-refractivity contribution >= 4 is 12.0 Å². The van der Waals surface area contributed by atoms with Crippen molar-refractivity contribution in [2.24, 2.45) is 0 Å². The molecule has 0 saturated heterocycles. The van der Waals surface area contributed by atoms with Gasteiger partial charge in [-0.3, -0.25) is 4.79 Å². The van der Waals surface area contributed by atoms with Gasteiger partial charge in [-0.2, -0.15) is 5.26 Å². The van der Waals surface area contributed by atoms with Crippen LogP contribution in [0.3, 0.4) is 0 Å². The van der Waals surface area contributed by atoms with Crippen LogP contribution >= 0.6 is 0 Å². The van der Waals surface area contributed by atoms with Gasteiger partial charge in [-0.25, -0.2) is 0 Å². The normalized spacial score (nSPS) is 17.1. The molecule has 0 bridgehead atoms. The maximum atomic E-state index is 12.8. The Kier molecular flexibility index (Phi) is 6.01. The van der Waals surface area contributed by atoms with E-state index in [-0.39, 0.29) is 23.6 Å². The Bertz CT molecular complexity index is 949. The summed E-state index contributed by atoms with van der Waals surface area (Å²) in [6.45, 7) is 6.72. The third kappa shape index (κ3) is 3.88. The first-order chi connectivity index (χ1) is 13.5. The van der Waals surface area contributed by atoms with Crippen LogP contribution in [0.1, 0.15) is 53.5 Å². The highest BCUT2D eigenvalue weighted by Crippen LogP contribution is 2.31. The van der Waals surface area contributed by atoms with Gasteiger partial charge < -0.3 is 14.6 Å². The van der Waals surface area contributed by atoms with Crippen LogP contribution in [0.4, 0.5) is 0 Å². The van der Waals surface area contributed by atoms with Crippen molar-refractivity contribution in [1.29, 1.82) is 5.26 Å². The first-order valence-corrected chi connectivity index (χ1v) is 9.64. The molecule has 28 heavy (non-hydrogen) atoms. The van der Waals surface area contributed by atoms with Gasteiger partial charge in [0.15, 0.2) is 0 Å². The first-order valence-electron chi connectivity index (χ1n) is 9.64. The molecule has 0 saturated carbocycles. The third-order valence-electron chi connectivity index (χ3n) is 5.48. The standard InChI is InChI=1S/C23H27N3O2/c1-15-11-19(17(3)26(15)16(2)14-28-4)12-20(13-24)23(27)25-22-10-9-18-7-5-6-8-21(18)22/h5-8,11-12,16,22H,9-10,14H2,1-4H3,(H,25,27)/b20-12+. The zero-order valence-corrected chi connectivity index (χ0v) is 17.0. The number of methoxy groups -OCH3 is 1. The summed E-state index contributed by atoms with van der Waals surface area (Å²) in [6.07, 6.45) is 3.51. The Balaban J connectivity index is 1.82. The molecule has 2 atom stereocenters. The van der Waals surface area contributed by atoms with E-state index in [0.717, 1.165) is 35.4 Å². The first kappa shape index (κ1) is 19.9. The van der Waals surface area contributed by atoms with Gasteiger partial charge in [0, 0.05) is 18.5 Å². The largest absolute Gasteiger partial charge is 0.383 e. The number of nitrogens with zero attached hydrogens (tertiary/aromatic N) is 2. The van der Waals surface area contributed by atoms with Crippen LogP contribution in [0.5, 0.6) is 0 Å². The summed E-state index contributed by atoms with van der Waals surface area (Å²) in [5.41, 5.74) is 5.54. The molecule has 1 aromatic heterocycles. The number of carbonyl (C=O) groups is 1. The fourth-order valence-electron chi connectivity index (χ4n) is 4.19. The summed E-state index contributed by atoms with van der Waals surface area (Å²) >= 11 is 0. The second-order valence-corrected chi connectivity index (χ2v) is 7.43. The predicted molar refractivity (Wildman–Crippen MR) is 110 cm³/mol. The molecule has 1 aromatic carbocycles. The Hall–Kier alpha value is -2.84. The maximum Gasteiger partial charge on any atom is 0.262 e. The van der Waals surface area contributed by atoms with Crippen molar-refractivity contribution < 1.29 is 9.53 Å². The van der Waals surface area contributed by atoms with Crippen molar-refractivity contribution in [3.8, 4) is 6.07 Å². The van der Waals surface area contributed by atoms with Gasteiger partial charge in [0.1, 0.15) is 11.6 Å².